The minimum Gasteiger partial charge on any atom is -0.494 e. The molecule has 0 saturated carbocycles. The predicted molar refractivity (Wildman–Crippen MR) is 102 cm³/mol. The monoisotopic (exact) mass is 366 g/mol. The van der Waals surface area contributed by atoms with Crippen LogP contribution in [-0.2, 0) is 20.9 Å². The van der Waals surface area contributed by atoms with Gasteiger partial charge in [-0.3, -0.25) is 9.59 Å². The van der Waals surface area contributed by atoms with Gasteiger partial charge in [0, 0.05) is 23.0 Å². The number of carbonyl (C=O) groups excluding carboxylic acids is 2. The van der Waals surface area contributed by atoms with Crippen LogP contribution in [0.15, 0.2) is 54.6 Å². The zero-order valence-electron chi connectivity index (χ0n) is 15.1. The van der Waals surface area contributed by atoms with Gasteiger partial charge in [0.2, 0.25) is 5.91 Å². The molecule has 0 saturated heterocycles. The largest absolute Gasteiger partial charge is 0.494 e. The van der Waals surface area contributed by atoms with Crippen LogP contribution < -0.4 is 5.32 Å². The third-order valence-corrected chi connectivity index (χ3v) is 4.42. The quantitative estimate of drug-likeness (QED) is 0.560. The average Bonchev–Trinajstić information content (AvgIpc) is 3.02. The maximum atomic E-state index is 12.4. The first-order chi connectivity index (χ1) is 13.1. The summed E-state index contributed by atoms with van der Waals surface area (Å²) in [5.74, 6) is -1.20. The number of benzene rings is 2. The van der Waals surface area contributed by atoms with Crippen molar-refractivity contribution in [2.24, 2.45) is 0 Å². The normalized spacial score (nSPS) is 11.9. The smallest absolute Gasteiger partial charge is 0.307 e. The molecule has 6 heteroatoms. The molecule has 1 amide bonds. The number of ether oxygens (including phenoxy) is 1. The van der Waals surface area contributed by atoms with Gasteiger partial charge in [0.25, 0.3) is 0 Å². The van der Waals surface area contributed by atoms with E-state index in [0.717, 1.165) is 16.5 Å². The molecular formula is C21H22N2O4. The number of aromatic amines is 1. The Kier molecular flexibility index (Phi) is 5.76. The highest BCUT2D eigenvalue weighted by Crippen LogP contribution is 2.33. The molecule has 1 aromatic heterocycles. The van der Waals surface area contributed by atoms with Gasteiger partial charge in [-0.15, -0.1) is 0 Å². The van der Waals surface area contributed by atoms with E-state index in [-0.39, 0.29) is 37.3 Å². The van der Waals surface area contributed by atoms with Crippen LogP contribution in [0.2, 0.25) is 0 Å². The van der Waals surface area contributed by atoms with E-state index >= 15 is 0 Å². The van der Waals surface area contributed by atoms with Gasteiger partial charge in [-0.1, -0.05) is 48.5 Å². The second kappa shape index (κ2) is 8.40. The first-order valence-electron chi connectivity index (χ1n) is 8.83. The fourth-order valence-corrected chi connectivity index (χ4v) is 2.97. The van der Waals surface area contributed by atoms with Gasteiger partial charge in [0.05, 0.1) is 12.3 Å². The Morgan fingerprint density at radius 2 is 1.81 bits per heavy atom. The minimum absolute atomic E-state index is 0.0129. The highest BCUT2D eigenvalue weighted by molar-refractivity contribution is 5.93. The van der Waals surface area contributed by atoms with E-state index in [9.17, 15) is 14.7 Å². The molecule has 140 valence electrons. The van der Waals surface area contributed by atoms with Crippen molar-refractivity contribution in [2.75, 3.05) is 6.54 Å². The number of rotatable bonds is 7. The van der Waals surface area contributed by atoms with Crippen LogP contribution in [0.3, 0.4) is 0 Å². The molecule has 0 aliphatic heterocycles. The van der Waals surface area contributed by atoms with Gasteiger partial charge < -0.3 is 20.1 Å². The van der Waals surface area contributed by atoms with Crippen molar-refractivity contribution in [1.82, 2.24) is 10.3 Å². The summed E-state index contributed by atoms with van der Waals surface area (Å²) in [5.41, 5.74) is 2.24. The van der Waals surface area contributed by atoms with Gasteiger partial charge in [-0.25, -0.2) is 0 Å². The van der Waals surface area contributed by atoms with Crippen molar-refractivity contribution in [1.29, 1.82) is 0 Å². The Bertz CT molecular complexity index is 934. The molecule has 0 aliphatic rings. The molecule has 3 aromatic rings. The summed E-state index contributed by atoms with van der Waals surface area (Å²) in [7, 11) is 0. The first-order valence-corrected chi connectivity index (χ1v) is 8.83. The fraction of sp³-hybridized carbons (Fsp3) is 0.238. The highest BCUT2D eigenvalue weighted by Gasteiger charge is 2.23. The number of nitrogens with one attached hydrogen (secondary N) is 2. The molecule has 1 heterocycles. The Hall–Kier alpha value is -3.28. The van der Waals surface area contributed by atoms with E-state index in [1.54, 1.807) is 6.92 Å². The van der Waals surface area contributed by atoms with Crippen molar-refractivity contribution in [3.63, 3.8) is 0 Å². The molecule has 2 aromatic carbocycles. The van der Waals surface area contributed by atoms with Gasteiger partial charge in [0.15, 0.2) is 5.88 Å². The summed E-state index contributed by atoms with van der Waals surface area (Å²) in [4.78, 5) is 27.1. The maximum Gasteiger partial charge on any atom is 0.307 e. The number of hydrogen-bond acceptors (Lipinski definition) is 4. The van der Waals surface area contributed by atoms with Crippen LogP contribution >= 0.6 is 0 Å². The summed E-state index contributed by atoms with van der Waals surface area (Å²) in [6.07, 6.45) is 0.0885. The molecule has 6 nitrogen and oxygen atoms in total. The van der Waals surface area contributed by atoms with E-state index < -0.39 is 5.92 Å². The molecule has 0 radical (unpaired) electrons. The molecule has 27 heavy (non-hydrogen) atoms. The number of esters is 1. The topological polar surface area (TPSA) is 91.4 Å². The highest BCUT2D eigenvalue weighted by atomic mass is 16.5. The van der Waals surface area contributed by atoms with Crippen LogP contribution in [0.1, 0.15) is 30.4 Å². The van der Waals surface area contributed by atoms with Crippen molar-refractivity contribution < 1.29 is 19.4 Å². The van der Waals surface area contributed by atoms with Crippen molar-refractivity contribution in [2.45, 2.75) is 25.9 Å². The van der Waals surface area contributed by atoms with E-state index in [4.69, 9.17) is 4.74 Å². The molecular weight excluding hydrogens is 344 g/mol. The predicted octanol–water partition coefficient (Wildman–Crippen LogP) is 3.23. The molecule has 3 rings (SSSR count). The minimum atomic E-state index is -0.554. The van der Waals surface area contributed by atoms with E-state index in [1.807, 2.05) is 54.6 Å². The van der Waals surface area contributed by atoms with E-state index in [0.29, 0.717) is 5.56 Å². The van der Waals surface area contributed by atoms with Crippen molar-refractivity contribution >= 4 is 22.8 Å². The molecule has 0 spiro atoms. The number of hydrogen-bond donors (Lipinski definition) is 3. The second-order valence-corrected chi connectivity index (χ2v) is 6.34. The van der Waals surface area contributed by atoms with Crippen molar-refractivity contribution in [3.05, 3.63) is 65.7 Å². The van der Waals surface area contributed by atoms with Crippen molar-refractivity contribution in [3.8, 4) is 5.88 Å². The summed E-state index contributed by atoms with van der Waals surface area (Å²) < 4.78 is 5.18. The number of amides is 1. The Labute approximate surface area is 157 Å². The van der Waals surface area contributed by atoms with E-state index in [2.05, 4.69) is 10.3 Å². The lowest BCUT2D eigenvalue weighted by Crippen LogP contribution is -2.30. The van der Waals surface area contributed by atoms with Crippen LogP contribution in [0, 0.1) is 0 Å². The summed E-state index contributed by atoms with van der Waals surface area (Å²) >= 11 is 0. The second-order valence-electron chi connectivity index (χ2n) is 6.34. The number of aromatic hydroxyl groups is 1. The molecule has 0 aliphatic carbocycles. The van der Waals surface area contributed by atoms with Crippen LogP contribution in [0.25, 0.3) is 10.9 Å². The molecule has 1 unspecified atom stereocenters. The zero-order chi connectivity index (χ0) is 19.2. The van der Waals surface area contributed by atoms with Crippen LogP contribution in [0.4, 0.5) is 0 Å². The fourth-order valence-electron chi connectivity index (χ4n) is 2.97. The van der Waals surface area contributed by atoms with Crippen LogP contribution in [0.5, 0.6) is 5.88 Å². The first kappa shape index (κ1) is 18.5. The number of aromatic nitrogens is 1. The number of para-hydroxylation sites is 1. The third kappa shape index (κ3) is 4.47. The number of carbonyl (C=O) groups is 2. The molecule has 0 fully saturated rings. The average molecular weight is 366 g/mol. The maximum absolute atomic E-state index is 12.4. The molecule has 0 bridgehead atoms. The van der Waals surface area contributed by atoms with Gasteiger partial charge in [-0.05, 0) is 18.6 Å². The standard InChI is InChI=1S/C21H22N2O4/c1-14(19-16-9-5-6-10-17(16)23-21(19)26)20(25)22-12-11-18(24)27-13-15-7-3-2-4-8-15/h2-10,14,23,26H,11-13H2,1H3,(H,22,25). The SMILES string of the molecule is CC(C(=O)NCCC(=O)OCc1ccccc1)c1c(O)[nH]c2ccccc12. The lowest BCUT2D eigenvalue weighted by Gasteiger charge is -2.12. The lowest BCUT2D eigenvalue weighted by atomic mass is 9.99. The number of H-pyrrole nitrogens is 1. The van der Waals surface area contributed by atoms with E-state index in [1.165, 1.54) is 0 Å². The Morgan fingerprint density at radius 1 is 1.11 bits per heavy atom. The lowest BCUT2D eigenvalue weighted by molar-refractivity contribution is -0.144. The zero-order valence-corrected chi connectivity index (χ0v) is 15.1. The summed E-state index contributed by atoms with van der Waals surface area (Å²) in [5, 5.41) is 13.7. The third-order valence-electron chi connectivity index (χ3n) is 4.42. The van der Waals surface area contributed by atoms with Gasteiger partial charge in [-0.2, -0.15) is 0 Å². The van der Waals surface area contributed by atoms with Gasteiger partial charge in [0.1, 0.15) is 6.61 Å². The number of fused-ring (bicyclic) bond motifs is 1. The Balaban J connectivity index is 1.50. The summed E-state index contributed by atoms with van der Waals surface area (Å²) in [6.45, 7) is 2.12. The molecule has 1 atom stereocenters. The molecule has 3 N–H and O–H groups in total. The summed E-state index contributed by atoms with van der Waals surface area (Å²) in [6, 6.07) is 16.8. The Morgan fingerprint density at radius 3 is 2.59 bits per heavy atom. The van der Waals surface area contributed by atoms with Gasteiger partial charge >= 0.3 is 5.97 Å². The van der Waals surface area contributed by atoms with Crippen LogP contribution in [-0.4, -0.2) is 28.5 Å².